The number of aromatic nitrogens is 2. The van der Waals surface area contributed by atoms with Crippen molar-refractivity contribution in [3.63, 3.8) is 0 Å². The van der Waals surface area contributed by atoms with Crippen LogP contribution >= 0.6 is 0 Å². The number of aryl methyl sites for hydroxylation is 1. The Morgan fingerprint density at radius 3 is 2.55 bits per heavy atom. The van der Waals surface area contributed by atoms with E-state index in [0.717, 1.165) is 23.7 Å². The van der Waals surface area contributed by atoms with Crippen LogP contribution < -0.4 is 10.1 Å². The van der Waals surface area contributed by atoms with Crippen LogP contribution in [0.1, 0.15) is 30.8 Å². The van der Waals surface area contributed by atoms with Gasteiger partial charge in [0.1, 0.15) is 12.4 Å². The Kier molecular flexibility index (Phi) is 5.07. The normalized spacial score (nSPS) is 10.8. The number of nitrogens with one attached hydrogen (secondary N) is 1. The van der Waals surface area contributed by atoms with Gasteiger partial charge < -0.3 is 10.1 Å². The molecule has 0 aliphatic heterocycles. The summed E-state index contributed by atoms with van der Waals surface area (Å²) < 4.78 is 5.64. The van der Waals surface area contributed by atoms with Crippen molar-refractivity contribution >= 4 is 0 Å². The molecule has 0 saturated heterocycles. The predicted molar refractivity (Wildman–Crippen MR) is 79.5 cm³/mol. The number of pyridine rings is 2. The number of rotatable bonds is 6. The van der Waals surface area contributed by atoms with Gasteiger partial charge in [0.25, 0.3) is 0 Å². The Morgan fingerprint density at radius 1 is 1.10 bits per heavy atom. The van der Waals surface area contributed by atoms with E-state index >= 15 is 0 Å². The maximum absolute atomic E-state index is 5.64. The van der Waals surface area contributed by atoms with Gasteiger partial charge in [-0.1, -0.05) is 19.9 Å². The SMILES string of the molecule is Cc1ccc(OCc2ccc(CNC(C)C)cn2)cn1. The van der Waals surface area contributed by atoms with Gasteiger partial charge in [-0.3, -0.25) is 9.97 Å². The second-order valence-electron chi connectivity index (χ2n) is 5.12. The molecular formula is C16H21N3O. The van der Waals surface area contributed by atoms with Crippen molar-refractivity contribution in [1.29, 1.82) is 0 Å². The molecule has 0 fully saturated rings. The largest absolute Gasteiger partial charge is 0.486 e. The first-order chi connectivity index (χ1) is 9.63. The number of nitrogens with zero attached hydrogens (tertiary/aromatic N) is 2. The highest BCUT2D eigenvalue weighted by molar-refractivity contribution is 5.20. The zero-order valence-corrected chi connectivity index (χ0v) is 12.3. The monoisotopic (exact) mass is 271 g/mol. The summed E-state index contributed by atoms with van der Waals surface area (Å²) in [5, 5.41) is 3.36. The van der Waals surface area contributed by atoms with Gasteiger partial charge in [-0.05, 0) is 30.7 Å². The van der Waals surface area contributed by atoms with Gasteiger partial charge in [0.15, 0.2) is 0 Å². The fourth-order valence-electron chi connectivity index (χ4n) is 1.66. The highest BCUT2D eigenvalue weighted by Crippen LogP contribution is 2.11. The molecule has 2 heterocycles. The Hall–Kier alpha value is -1.94. The highest BCUT2D eigenvalue weighted by Gasteiger charge is 2.00. The van der Waals surface area contributed by atoms with E-state index < -0.39 is 0 Å². The molecule has 0 atom stereocenters. The molecule has 2 aromatic rings. The van der Waals surface area contributed by atoms with Gasteiger partial charge in [-0.25, -0.2) is 0 Å². The number of hydrogen-bond acceptors (Lipinski definition) is 4. The minimum Gasteiger partial charge on any atom is -0.486 e. The first-order valence-corrected chi connectivity index (χ1v) is 6.86. The van der Waals surface area contributed by atoms with Gasteiger partial charge in [0.2, 0.25) is 0 Å². The van der Waals surface area contributed by atoms with Crippen molar-refractivity contribution < 1.29 is 4.74 Å². The highest BCUT2D eigenvalue weighted by atomic mass is 16.5. The van der Waals surface area contributed by atoms with Gasteiger partial charge in [-0.2, -0.15) is 0 Å². The zero-order valence-electron chi connectivity index (χ0n) is 12.3. The van der Waals surface area contributed by atoms with Crippen LogP contribution in [-0.2, 0) is 13.2 Å². The molecular weight excluding hydrogens is 250 g/mol. The molecule has 4 heteroatoms. The first kappa shape index (κ1) is 14.5. The Balaban J connectivity index is 1.85. The average molecular weight is 271 g/mol. The van der Waals surface area contributed by atoms with Crippen molar-refractivity contribution in [3.05, 3.63) is 53.6 Å². The summed E-state index contributed by atoms with van der Waals surface area (Å²) in [4.78, 5) is 8.60. The minimum absolute atomic E-state index is 0.461. The Labute approximate surface area is 120 Å². The fraction of sp³-hybridized carbons (Fsp3) is 0.375. The summed E-state index contributed by atoms with van der Waals surface area (Å²) in [7, 11) is 0. The molecule has 4 nitrogen and oxygen atoms in total. The second kappa shape index (κ2) is 7.01. The van der Waals surface area contributed by atoms with E-state index in [9.17, 15) is 0 Å². The van der Waals surface area contributed by atoms with E-state index in [0.29, 0.717) is 12.6 Å². The fourth-order valence-corrected chi connectivity index (χ4v) is 1.66. The number of ether oxygens (including phenoxy) is 1. The molecule has 0 spiro atoms. The van der Waals surface area contributed by atoms with Crippen LogP contribution in [0.4, 0.5) is 0 Å². The van der Waals surface area contributed by atoms with Gasteiger partial charge >= 0.3 is 0 Å². The molecule has 0 unspecified atom stereocenters. The van der Waals surface area contributed by atoms with Crippen molar-refractivity contribution in [1.82, 2.24) is 15.3 Å². The third kappa shape index (κ3) is 4.63. The van der Waals surface area contributed by atoms with E-state index in [2.05, 4.69) is 35.2 Å². The maximum Gasteiger partial charge on any atom is 0.138 e. The van der Waals surface area contributed by atoms with E-state index in [1.807, 2.05) is 31.3 Å². The molecule has 20 heavy (non-hydrogen) atoms. The quantitative estimate of drug-likeness (QED) is 0.877. The summed E-state index contributed by atoms with van der Waals surface area (Å²) in [5.41, 5.74) is 3.08. The van der Waals surface area contributed by atoms with Crippen molar-refractivity contribution in [2.24, 2.45) is 0 Å². The third-order valence-corrected chi connectivity index (χ3v) is 2.87. The topological polar surface area (TPSA) is 47.0 Å². The van der Waals surface area contributed by atoms with Crippen LogP contribution in [0.25, 0.3) is 0 Å². The summed E-state index contributed by atoms with van der Waals surface area (Å²) in [5.74, 6) is 0.767. The van der Waals surface area contributed by atoms with E-state index in [-0.39, 0.29) is 0 Å². The summed E-state index contributed by atoms with van der Waals surface area (Å²) in [6.07, 6.45) is 3.62. The van der Waals surface area contributed by atoms with Crippen molar-refractivity contribution in [2.45, 2.75) is 40.0 Å². The van der Waals surface area contributed by atoms with E-state index in [4.69, 9.17) is 4.74 Å². The summed E-state index contributed by atoms with van der Waals surface area (Å²) in [6, 6.07) is 8.41. The lowest BCUT2D eigenvalue weighted by Crippen LogP contribution is -2.21. The standard InChI is InChI=1S/C16H21N3O/c1-12(2)17-8-14-5-6-15(19-9-14)11-20-16-7-4-13(3)18-10-16/h4-7,9-10,12,17H,8,11H2,1-3H3. The second-order valence-corrected chi connectivity index (χ2v) is 5.12. The minimum atomic E-state index is 0.461. The van der Waals surface area contributed by atoms with Crippen LogP contribution in [-0.4, -0.2) is 16.0 Å². The molecule has 0 aliphatic carbocycles. The molecule has 2 rings (SSSR count). The van der Waals surface area contributed by atoms with Crippen molar-refractivity contribution in [3.8, 4) is 5.75 Å². The zero-order chi connectivity index (χ0) is 14.4. The molecule has 0 saturated carbocycles. The Morgan fingerprint density at radius 2 is 1.95 bits per heavy atom. The maximum atomic E-state index is 5.64. The average Bonchev–Trinajstić information content (AvgIpc) is 2.45. The molecule has 1 N–H and O–H groups in total. The lowest BCUT2D eigenvalue weighted by molar-refractivity contribution is 0.300. The van der Waals surface area contributed by atoms with Crippen molar-refractivity contribution in [2.75, 3.05) is 0 Å². The van der Waals surface area contributed by atoms with Crippen LogP contribution in [0.2, 0.25) is 0 Å². The van der Waals surface area contributed by atoms with Crippen LogP contribution in [0.15, 0.2) is 36.7 Å². The lowest BCUT2D eigenvalue weighted by Gasteiger charge is -2.09. The smallest absolute Gasteiger partial charge is 0.138 e. The molecule has 106 valence electrons. The molecule has 0 aromatic carbocycles. The third-order valence-electron chi connectivity index (χ3n) is 2.87. The molecule has 0 aliphatic rings. The summed E-state index contributed by atoms with van der Waals surface area (Å²) >= 11 is 0. The van der Waals surface area contributed by atoms with Crippen LogP contribution in [0, 0.1) is 6.92 Å². The van der Waals surface area contributed by atoms with Gasteiger partial charge in [-0.15, -0.1) is 0 Å². The van der Waals surface area contributed by atoms with Crippen LogP contribution in [0.5, 0.6) is 5.75 Å². The molecule has 0 radical (unpaired) electrons. The van der Waals surface area contributed by atoms with E-state index in [1.165, 1.54) is 5.56 Å². The summed E-state index contributed by atoms with van der Waals surface area (Å²) in [6.45, 7) is 7.52. The van der Waals surface area contributed by atoms with Crippen LogP contribution in [0.3, 0.4) is 0 Å². The Bertz CT molecular complexity index is 520. The predicted octanol–water partition coefficient (Wildman–Crippen LogP) is 2.86. The van der Waals surface area contributed by atoms with E-state index in [1.54, 1.807) is 6.20 Å². The first-order valence-electron chi connectivity index (χ1n) is 6.86. The molecule has 0 bridgehead atoms. The molecule has 2 aromatic heterocycles. The number of hydrogen-bond donors (Lipinski definition) is 1. The molecule has 0 amide bonds. The lowest BCUT2D eigenvalue weighted by atomic mass is 10.2. The van der Waals surface area contributed by atoms with Gasteiger partial charge in [0.05, 0.1) is 11.9 Å². The van der Waals surface area contributed by atoms with Gasteiger partial charge in [0, 0.05) is 24.5 Å².